The largest absolute Gasteiger partial charge is 0.497 e. The summed E-state index contributed by atoms with van der Waals surface area (Å²) in [5.74, 6) is 0.937. The van der Waals surface area contributed by atoms with Gasteiger partial charge in [0.05, 0.1) is 25.9 Å². The number of carbonyl (C=O) groups excluding carboxylic acids is 1. The lowest BCUT2D eigenvalue weighted by atomic mass is 9.94. The van der Waals surface area contributed by atoms with E-state index in [-0.39, 0.29) is 11.9 Å². The van der Waals surface area contributed by atoms with Crippen LogP contribution in [-0.4, -0.2) is 47.4 Å². The quantitative estimate of drug-likeness (QED) is 0.823. The molecule has 6 heteroatoms. The summed E-state index contributed by atoms with van der Waals surface area (Å²) in [7, 11) is 1.67. The van der Waals surface area contributed by atoms with Crippen molar-refractivity contribution in [1.29, 1.82) is 0 Å². The fraction of sp³-hybridized carbons (Fsp3) is 0.474. The molecule has 0 bridgehead atoms. The van der Waals surface area contributed by atoms with Gasteiger partial charge in [-0.2, -0.15) is 0 Å². The first-order chi connectivity index (χ1) is 12.2. The molecule has 0 saturated carbocycles. The molecule has 0 N–H and O–H groups in total. The molecular formula is C19H23N3O2S. The van der Waals surface area contributed by atoms with Gasteiger partial charge in [0.1, 0.15) is 15.6 Å². The van der Waals surface area contributed by atoms with Crippen LogP contribution in [0.25, 0.3) is 0 Å². The number of thiazole rings is 1. The molecule has 5 nitrogen and oxygen atoms in total. The first-order valence-corrected chi connectivity index (χ1v) is 9.68. The molecule has 132 valence electrons. The van der Waals surface area contributed by atoms with E-state index in [9.17, 15) is 4.79 Å². The van der Waals surface area contributed by atoms with Crippen LogP contribution in [0.2, 0.25) is 0 Å². The Balaban J connectivity index is 1.44. The number of likely N-dealkylation sites (tertiary alicyclic amines) is 2. The zero-order valence-electron chi connectivity index (χ0n) is 14.5. The van der Waals surface area contributed by atoms with Crippen molar-refractivity contribution in [3.8, 4) is 5.75 Å². The molecule has 0 aliphatic carbocycles. The number of ether oxygens (including phenoxy) is 1. The zero-order valence-corrected chi connectivity index (χ0v) is 15.3. The maximum Gasteiger partial charge on any atom is 0.266 e. The standard InChI is InChI=1S/C19H23N3O2S/c1-24-15-6-4-5-14(11-15)16-7-10-22(16)19(23)17-12-20-18(25-17)13-21-8-2-3-9-21/h4-6,11-12,16H,2-3,7-10,13H2,1H3/t16-/m1/s1. The van der Waals surface area contributed by atoms with Gasteiger partial charge in [0.2, 0.25) is 0 Å². The van der Waals surface area contributed by atoms with E-state index in [0.29, 0.717) is 0 Å². The number of amides is 1. The molecule has 1 aromatic carbocycles. The molecule has 2 fully saturated rings. The number of hydrogen-bond acceptors (Lipinski definition) is 5. The van der Waals surface area contributed by atoms with Crippen molar-refractivity contribution >= 4 is 17.2 Å². The highest BCUT2D eigenvalue weighted by atomic mass is 32.1. The number of aromatic nitrogens is 1. The number of methoxy groups -OCH3 is 1. The van der Waals surface area contributed by atoms with Gasteiger partial charge in [-0.05, 0) is 50.0 Å². The Kier molecular flexibility index (Phi) is 4.72. The van der Waals surface area contributed by atoms with E-state index < -0.39 is 0 Å². The van der Waals surface area contributed by atoms with Gasteiger partial charge in [0.15, 0.2) is 0 Å². The van der Waals surface area contributed by atoms with Crippen LogP contribution in [0.3, 0.4) is 0 Å². The van der Waals surface area contributed by atoms with Gasteiger partial charge in [-0.1, -0.05) is 12.1 Å². The molecular weight excluding hydrogens is 334 g/mol. The van der Waals surface area contributed by atoms with Gasteiger partial charge < -0.3 is 9.64 Å². The lowest BCUT2D eigenvalue weighted by Gasteiger charge is -2.41. The highest BCUT2D eigenvalue weighted by Gasteiger charge is 2.35. The van der Waals surface area contributed by atoms with Crippen LogP contribution in [0.15, 0.2) is 30.5 Å². The Bertz CT molecular complexity index is 755. The number of nitrogens with zero attached hydrogens (tertiary/aromatic N) is 3. The minimum Gasteiger partial charge on any atom is -0.497 e. The minimum atomic E-state index is 0.101. The molecule has 3 heterocycles. The third kappa shape index (κ3) is 3.41. The third-order valence-corrected chi connectivity index (χ3v) is 6.05. The predicted octanol–water partition coefficient (Wildman–Crippen LogP) is 3.33. The Morgan fingerprint density at radius 3 is 2.88 bits per heavy atom. The molecule has 2 saturated heterocycles. The Morgan fingerprint density at radius 2 is 2.16 bits per heavy atom. The van der Waals surface area contributed by atoms with Gasteiger partial charge in [-0.3, -0.25) is 9.69 Å². The second kappa shape index (κ2) is 7.14. The SMILES string of the molecule is COc1cccc([C@H]2CCN2C(=O)c2cnc(CN3CCCC3)s2)c1. The third-order valence-electron chi connectivity index (χ3n) is 5.08. The van der Waals surface area contributed by atoms with Crippen molar-refractivity contribution in [2.45, 2.75) is 31.8 Å². The van der Waals surface area contributed by atoms with Crippen LogP contribution in [0.5, 0.6) is 5.75 Å². The predicted molar refractivity (Wildman–Crippen MR) is 98.0 cm³/mol. The highest BCUT2D eigenvalue weighted by molar-refractivity contribution is 7.13. The van der Waals surface area contributed by atoms with E-state index in [1.807, 2.05) is 23.1 Å². The molecule has 0 spiro atoms. The Hall–Kier alpha value is -1.92. The number of benzene rings is 1. The maximum atomic E-state index is 12.9. The molecule has 1 amide bonds. The summed E-state index contributed by atoms with van der Waals surface area (Å²) in [6.45, 7) is 3.97. The van der Waals surface area contributed by atoms with Crippen LogP contribution < -0.4 is 4.74 Å². The number of hydrogen-bond donors (Lipinski definition) is 0. The molecule has 2 aliphatic rings. The Morgan fingerprint density at radius 1 is 1.32 bits per heavy atom. The fourth-order valence-electron chi connectivity index (χ4n) is 3.58. The van der Waals surface area contributed by atoms with Crippen molar-refractivity contribution in [2.24, 2.45) is 0 Å². The van der Waals surface area contributed by atoms with Gasteiger partial charge in [-0.15, -0.1) is 11.3 Å². The molecule has 2 aromatic rings. The molecule has 4 rings (SSSR count). The van der Waals surface area contributed by atoms with E-state index in [1.54, 1.807) is 24.6 Å². The van der Waals surface area contributed by atoms with E-state index in [1.165, 1.54) is 12.8 Å². The van der Waals surface area contributed by atoms with E-state index >= 15 is 0 Å². The summed E-state index contributed by atoms with van der Waals surface area (Å²) in [5.41, 5.74) is 1.14. The summed E-state index contributed by atoms with van der Waals surface area (Å²) < 4.78 is 5.30. The molecule has 1 atom stereocenters. The molecule has 25 heavy (non-hydrogen) atoms. The topological polar surface area (TPSA) is 45.7 Å². The second-order valence-electron chi connectivity index (χ2n) is 6.68. The van der Waals surface area contributed by atoms with E-state index in [2.05, 4.69) is 16.0 Å². The summed E-state index contributed by atoms with van der Waals surface area (Å²) in [6.07, 6.45) is 5.29. The normalized spacial score (nSPS) is 20.5. The lowest BCUT2D eigenvalue weighted by Crippen LogP contribution is -2.44. The number of rotatable bonds is 5. The first-order valence-electron chi connectivity index (χ1n) is 8.86. The maximum absolute atomic E-state index is 12.9. The minimum absolute atomic E-state index is 0.101. The van der Waals surface area contributed by atoms with Crippen LogP contribution >= 0.6 is 11.3 Å². The summed E-state index contributed by atoms with van der Waals surface area (Å²) in [5, 5.41) is 1.05. The average molecular weight is 357 g/mol. The smallest absolute Gasteiger partial charge is 0.266 e. The van der Waals surface area contributed by atoms with Gasteiger partial charge in [0.25, 0.3) is 5.91 Å². The van der Waals surface area contributed by atoms with Gasteiger partial charge in [-0.25, -0.2) is 4.98 Å². The lowest BCUT2D eigenvalue weighted by molar-refractivity contribution is 0.0465. The Labute approximate surface area is 152 Å². The van der Waals surface area contributed by atoms with Crippen molar-refractivity contribution in [1.82, 2.24) is 14.8 Å². The molecule has 0 unspecified atom stereocenters. The zero-order chi connectivity index (χ0) is 17.2. The van der Waals surface area contributed by atoms with Crippen molar-refractivity contribution in [3.63, 3.8) is 0 Å². The summed E-state index contributed by atoms with van der Waals surface area (Å²) in [6, 6.07) is 8.15. The van der Waals surface area contributed by atoms with Crippen LogP contribution in [0.1, 0.15) is 45.5 Å². The van der Waals surface area contributed by atoms with Crippen molar-refractivity contribution in [3.05, 3.63) is 45.9 Å². The molecule has 0 radical (unpaired) electrons. The van der Waals surface area contributed by atoms with Crippen LogP contribution in [-0.2, 0) is 6.54 Å². The van der Waals surface area contributed by atoms with Crippen LogP contribution in [0, 0.1) is 0 Å². The van der Waals surface area contributed by atoms with Gasteiger partial charge in [0, 0.05) is 6.54 Å². The second-order valence-corrected chi connectivity index (χ2v) is 7.80. The summed E-state index contributed by atoms with van der Waals surface area (Å²) >= 11 is 1.54. The highest BCUT2D eigenvalue weighted by Crippen LogP contribution is 2.36. The number of carbonyl (C=O) groups is 1. The first kappa shape index (κ1) is 16.5. The molecule has 2 aliphatic heterocycles. The van der Waals surface area contributed by atoms with Crippen molar-refractivity contribution < 1.29 is 9.53 Å². The van der Waals surface area contributed by atoms with Crippen molar-refractivity contribution in [2.75, 3.05) is 26.7 Å². The fourth-order valence-corrected chi connectivity index (χ4v) is 4.50. The van der Waals surface area contributed by atoms with E-state index in [0.717, 1.165) is 53.8 Å². The van der Waals surface area contributed by atoms with E-state index in [4.69, 9.17) is 4.74 Å². The average Bonchev–Trinajstić information content (AvgIpc) is 3.26. The summed E-state index contributed by atoms with van der Waals surface area (Å²) in [4.78, 5) is 22.5. The van der Waals surface area contributed by atoms with Gasteiger partial charge >= 0.3 is 0 Å². The monoisotopic (exact) mass is 357 g/mol. The molecule has 1 aromatic heterocycles. The van der Waals surface area contributed by atoms with Crippen LogP contribution in [0.4, 0.5) is 0 Å².